The minimum Gasteiger partial charge on any atom is -0.406 e. The van der Waals surface area contributed by atoms with Gasteiger partial charge in [-0.1, -0.05) is 45.4 Å². The van der Waals surface area contributed by atoms with Gasteiger partial charge in [-0.3, -0.25) is 14.4 Å². The van der Waals surface area contributed by atoms with Crippen molar-refractivity contribution in [1.82, 2.24) is 0 Å². The Morgan fingerprint density at radius 1 is 1.03 bits per heavy atom. The van der Waals surface area contributed by atoms with Gasteiger partial charge in [-0.25, -0.2) is 0 Å². The average Bonchev–Trinajstić information content (AvgIpc) is 2.95. The van der Waals surface area contributed by atoms with Gasteiger partial charge in [0.2, 0.25) is 5.91 Å². The van der Waals surface area contributed by atoms with Crippen molar-refractivity contribution in [2.45, 2.75) is 76.7 Å². The maximum absolute atomic E-state index is 13.1. The van der Waals surface area contributed by atoms with Crippen molar-refractivity contribution in [2.75, 3.05) is 10.7 Å². The molecule has 1 amide bonds. The van der Waals surface area contributed by atoms with E-state index in [1.54, 1.807) is 18.2 Å². The minimum atomic E-state index is -4.79. The van der Waals surface area contributed by atoms with E-state index >= 15 is 0 Å². The number of Topliss-reactive ketones (excluding diaryl/α,β-unsaturated/α-hetero) is 2. The van der Waals surface area contributed by atoms with Crippen LogP contribution in [0.1, 0.15) is 68.8 Å². The monoisotopic (exact) mass is 550 g/mol. The summed E-state index contributed by atoms with van der Waals surface area (Å²) < 4.78 is 41.4. The number of nitrogens with zero attached hydrogens (tertiary/aromatic N) is 1. The number of fused-ring (bicyclic) bond motifs is 1. The normalized spacial score (nSPS) is 16.1. The Labute approximate surface area is 225 Å². The Morgan fingerprint density at radius 2 is 1.68 bits per heavy atom. The van der Waals surface area contributed by atoms with Crippen LogP contribution in [0.3, 0.4) is 0 Å². The highest BCUT2D eigenvalue weighted by Gasteiger charge is 2.32. The number of hydrogen-bond acceptors (Lipinski definition) is 6. The summed E-state index contributed by atoms with van der Waals surface area (Å²) in [7, 11) is 0. The zero-order valence-electron chi connectivity index (χ0n) is 21.8. The van der Waals surface area contributed by atoms with Crippen LogP contribution >= 0.6 is 11.8 Å². The van der Waals surface area contributed by atoms with E-state index in [9.17, 15) is 27.6 Å². The van der Waals surface area contributed by atoms with Crippen molar-refractivity contribution in [3.05, 3.63) is 53.6 Å². The third-order valence-corrected chi connectivity index (χ3v) is 7.40. The van der Waals surface area contributed by atoms with E-state index in [1.165, 1.54) is 40.9 Å². The number of alkyl halides is 3. The average molecular weight is 551 g/mol. The first-order chi connectivity index (χ1) is 17.7. The number of hydrogen-bond donors (Lipinski definition) is 1. The van der Waals surface area contributed by atoms with E-state index in [2.05, 4.69) is 4.74 Å². The van der Waals surface area contributed by atoms with Crippen LogP contribution in [-0.4, -0.2) is 35.6 Å². The maximum atomic E-state index is 13.1. The number of thioether (sulfide) groups is 1. The van der Waals surface area contributed by atoms with Gasteiger partial charge in [0, 0.05) is 34.5 Å². The second-order valence-corrected chi connectivity index (χ2v) is 11.4. The molecule has 1 aliphatic heterocycles. The lowest BCUT2D eigenvalue weighted by Gasteiger charge is -2.25. The molecule has 0 unspecified atom stereocenters. The van der Waals surface area contributed by atoms with Crippen LogP contribution in [0, 0.1) is 5.41 Å². The number of benzene rings is 2. The van der Waals surface area contributed by atoms with E-state index in [1.807, 2.05) is 20.8 Å². The van der Waals surface area contributed by atoms with Gasteiger partial charge < -0.3 is 15.4 Å². The number of anilines is 1. The van der Waals surface area contributed by atoms with Crippen LogP contribution in [0.4, 0.5) is 18.9 Å². The van der Waals surface area contributed by atoms with Crippen LogP contribution in [0.2, 0.25) is 0 Å². The highest BCUT2D eigenvalue weighted by atomic mass is 32.2. The third kappa shape index (κ3) is 8.33. The molecular weight excluding hydrogens is 517 g/mol. The summed E-state index contributed by atoms with van der Waals surface area (Å²) in [6, 6.07) is 9.74. The van der Waals surface area contributed by atoms with Crippen molar-refractivity contribution in [1.29, 1.82) is 0 Å². The van der Waals surface area contributed by atoms with E-state index in [0.717, 1.165) is 17.7 Å². The van der Waals surface area contributed by atoms with Crippen molar-refractivity contribution in [3.63, 3.8) is 0 Å². The zero-order chi connectivity index (χ0) is 28.1. The number of ether oxygens (including phenoxy) is 1. The third-order valence-electron chi connectivity index (χ3n) is 6.22. The molecule has 0 aliphatic carbocycles. The molecule has 0 radical (unpaired) electrons. The standard InChI is InChI=1S/C28H33F3N2O4S/c1-27(2,3)25(35)8-6-4-5-7-23(34)19-11-14-24-22(15-19)33(26(36)21(32)17-38-24)16-18-9-12-20(13-10-18)37-28(29,30)31/h9-15,21H,4-8,16-17,32H2,1-3H3/t21-/m0/s1. The first-order valence-corrected chi connectivity index (χ1v) is 13.5. The van der Waals surface area contributed by atoms with Gasteiger partial charge in [0.05, 0.1) is 18.3 Å². The molecule has 0 fully saturated rings. The van der Waals surface area contributed by atoms with Crippen molar-refractivity contribution < 1.29 is 32.3 Å². The summed E-state index contributed by atoms with van der Waals surface area (Å²) in [5, 5.41) is 0. The molecule has 0 aromatic heterocycles. The van der Waals surface area contributed by atoms with Gasteiger partial charge in [-0.15, -0.1) is 24.9 Å². The van der Waals surface area contributed by atoms with Gasteiger partial charge in [-0.2, -0.15) is 0 Å². The number of carbonyl (C=O) groups is 3. The molecule has 10 heteroatoms. The summed E-state index contributed by atoms with van der Waals surface area (Å²) in [5.41, 5.74) is 7.33. The predicted octanol–water partition coefficient (Wildman–Crippen LogP) is 6.30. The number of carbonyl (C=O) groups excluding carboxylic acids is 3. The van der Waals surface area contributed by atoms with Crippen molar-refractivity contribution in [3.8, 4) is 5.75 Å². The Bertz CT molecular complexity index is 1160. The Kier molecular flexibility index (Phi) is 9.64. The summed E-state index contributed by atoms with van der Waals surface area (Å²) in [5.74, 6) is -0.180. The highest BCUT2D eigenvalue weighted by molar-refractivity contribution is 7.99. The van der Waals surface area contributed by atoms with Crippen LogP contribution in [0.15, 0.2) is 47.4 Å². The molecule has 38 heavy (non-hydrogen) atoms. The summed E-state index contributed by atoms with van der Waals surface area (Å²) in [6.45, 7) is 5.77. The van der Waals surface area contributed by atoms with Gasteiger partial charge >= 0.3 is 6.36 Å². The smallest absolute Gasteiger partial charge is 0.406 e. The summed E-state index contributed by atoms with van der Waals surface area (Å²) in [4.78, 5) is 40.4. The SMILES string of the molecule is CC(C)(C)C(=O)CCCCCC(=O)c1ccc2c(c1)N(Cc1ccc(OC(F)(F)F)cc1)C(=O)[C@@H](N)CS2. The fourth-order valence-electron chi connectivity index (χ4n) is 4.00. The van der Waals surface area contributed by atoms with Crippen LogP contribution in [0.5, 0.6) is 5.75 Å². The molecule has 2 aromatic carbocycles. The molecular formula is C28H33F3N2O4S. The van der Waals surface area contributed by atoms with E-state index < -0.39 is 12.4 Å². The molecule has 0 bridgehead atoms. The lowest BCUT2D eigenvalue weighted by atomic mass is 9.87. The van der Waals surface area contributed by atoms with Crippen LogP contribution < -0.4 is 15.4 Å². The quantitative estimate of drug-likeness (QED) is 0.276. The second kappa shape index (κ2) is 12.3. The number of amides is 1. The Morgan fingerprint density at radius 3 is 2.32 bits per heavy atom. The molecule has 206 valence electrons. The predicted molar refractivity (Wildman–Crippen MR) is 141 cm³/mol. The van der Waals surface area contributed by atoms with E-state index in [-0.39, 0.29) is 35.2 Å². The molecule has 1 aliphatic rings. The van der Waals surface area contributed by atoms with Gasteiger partial charge in [0.1, 0.15) is 11.5 Å². The molecule has 0 saturated heterocycles. The number of ketones is 2. The van der Waals surface area contributed by atoms with Crippen LogP contribution in [-0.2, 0) is 16.1 Å². The fourth-order valence-corrected chi connectivity index (χ4v) is 4.99. The van der Waals surface area contributed by atoms with Crippen LogP contribution in [0.25, 0.3) is 0 Å². The largest absolute Gasteiger partial charge is 0.573 e. The van der Waals surface area contributed by atoms with E-state index in [0.29, 0.717) is 41.8 Å². The maximum Gasteiger partial charge on any atom is 0.573 e. The van der Waals surface area contributed by atoms with Gasteiger partial charge in [0.25, 0.3) is 0 Å². The zero-order valence-corrected chi connectivity index (χ0v) is 22.6. The topological polar surface area (TPSA) is 89.7 Å². The molecule has 1 atom stereocenters. The molecule has 2 aromatic rings. The molecule has 2 N–H and O–H groups in total. The molecule has 3 rings (SSSR count). The molecule has 0 spiro atoms. The molecule has 0 saturated carbocycles. The lowest BCUT2D eigenvalue weighted by Crippen LogP contribution is -2.44. The molecule has 1 heterocycles. The first-order valence-electron chi connectivity index (χ1n) is 12.5. The fraction of sp³-hybridized carbons (Fsp3) is 0.464. The minimum absolute atomic E-state index is 0.0606. The first kappa shape index (κ1) is 29.7. The van der Waals surface area contributed by atoms with E-state index in [4.69, 9.17) is 5.73 Å². The van der Waals surface area contributed by atoms with Gasteiger partial charge in [-0.05, 0) is 42.7 Å². The Balaban J connectivity index is 1.71. The number of nitrogens with two attached hydrogens (primary N) is 1. The summed E-state index contributed by atoms with van der Waals surface area (Å²) >= 11 is 1.42. The Hall–Kier alpha value is -2.85. The highest BCUT2D eigenvalue weighted by Crippen LogP contribution is 2.36. The number of unbranched alkanes of at least 4 members (excludes halogenated alkanes) is 2. The second-order valence-electron chi connectivity index (χ2n) is 10.4. The summed E-state index contributed by atoms with van der Waals surface area (Å²) in [6.07, 6.45) is -1.82. The number of halogens is 3. The molecule has 6 nitrogen and oxygen atoms in total. The number of rotatable bonds is 10. The lowest BCUT2D eigenvalue weighted by molar-refractivity contribution is -0.274. The van der Waals surface area contributed by atoms with Crippen molar-refractivity contribution >= 4 is 34.9 Å². The van der Waals surface area contributed by atoms with Gasteiger partial charge in [0.15, 0.2) is 5.78 Å². The van der Waals surface area contributed by atoms with Crippen molar-refractivity contribution in [2.24, 2.45) is 11.1 Å².